The highest BCUT2D eigenvalue weighted by molar-refractivity contribution is 5.77. The van der Waals surface area contributed by atoms with Gasteiger partial charge in [0.15, 0.2) is 0 Å². The number of hydrogen-bond donors (Lipinski definition) is 2. The molecule has 1 aliphatic carbocycles. The van der Waals surface area contributed by atoms with E-state index in [1.165, 1.54) is 18.4 Å². The van der Waals surface area contributed by atoms with Gasteiger partial charge in [-0.3, -0.25) is 9.48 Å². The van der Waals surface area contributed by atoms with Crippen molar-refractivity contribution in [3.63, 3.8) is 0 Å². The lowest BCUT2D eigenvalue weighted by atomic mass is 10.1. The second-order valence-corrected chi connectivity index (χ2v) is 5.87. The summed E-state index contributed by atoms with van der Waals surface area (Å²) in [6, 6.07) is 10.2. The first-order chi connectivity index (χ1) is 10.8. The van der Waals surface area contributed by atoms with Crippen molar-refractivity contribution in [3.05, 3.63) is 53.9 Å². The van der Waals surface area contributed by atoms with Crippen molar-refractivity contribution in [2.75, 3.05) is 13.1 Å². The average Bonchev–Trinajstić information content (AvgIpc) is 3.21. The molecule has 0 spiro atoms. The van der Waals surface area contributed by atoms with E-state index < -0.39 is 0 Å². The summed E-state index contributed by atoms with van der Waals surface area (Å²) >= 11 is 0. The van der Waals surface area contributed by atoms with E-state index >= 15 is 0 Å². The number of rotatable bonds is 8. The molecule has 1 fully saturated rings. The van der Waals surface area contributed by atoms with Crippen LogP contribution < -0.4 is 10.6 Å². The quantitative estimate of drug-likeness (QED) is 0.777. The molecule has 1 aliphatic rings. The van der Waals surface area contributed by atoms with E-state index in [0.29, 0.717) is 13.1 Å². The van der Waals surface area contributed by atoms with Crippen molar-refractivity contribution >= 4 is 5.91 Å². The van der Waals surface area contributed by atoms with Crippen LogP contribution in [0.25, 0.3) is 0 Å². The largest absolute Gasteiger partial charge is 0.351 e. The molecule has 0 aliphatic heterocycles. The summed E-state index contributed by atoms with van der Waals surface area (Å²) in [5.41, 5.74) is 2.31. The van der Waals surface area contributed by atoms with E-state index in [-0.39, 0.29) is 5.91 Å². The zero-order valence-corrected chi connectivity index (χ0v) is 12.7. The van der Waals surface area contributed by atoms with Crippen LogP contribution in [0.5, 0.6) is 0 Å². The third-order valence-corrected chi connectivity index (χ3v) is 3.83. The van der Waals surface area contributed by atoms with Gasteiger partial charge >= 0.3 is 0 Å². The Morgan fingerprint density at radius 1 is 1.23 bits per heavy atom. The molecule has 22 heavy (non-hydrogen) atoms. The van der Waals surface area contributed by atoms with Crippen LogP contribution in [0, 0.1) is 5.92 Å². The van der Waals surface area contributed by atoms with Gasteiger partial charge < -0.3 is 10.6 Å². The molecule has 0 saturated heterocycles. The number of carbonyl (C=O) groups is 1. The van der Waals surface area contributed by atoms with Crippen LogP contribution in [-0.4, -0.2) is 28.8 Å². The lowest BCUT2D eigenvalue weighted by Gasteiger charge is -2.08. The van der Waals surface area contributed by atoms with Gasteiger partial charge in [-0.2, -0.15) is 5.10 Å². The lowest BCUT2D eigenvalue weighted by molar-refractivity contribution is -0.120. The molecule has 0 atom stereocenters. The minimum Gasteiger partial charge on any atom is -0.351 e. The Morgan fingerprint density at radius 3 is 2.68 bits per heavy atom. The number of carbonyl (C=O) groups excluding carboxylic acids is 1. The fourth-order valence-electron chi connectivity index (χ4n) is 2.32. The molecule has 1 heterocycles. The van der Waals surface area contributed by atoms with E-state index in [9.17, 15) is 4.79 Å². The topological polar surface area (TPSA) is 59.0 Å². The maximum Gasteiger partial charge on any atom is 0.234 e. The van der Waals surface area contributed by atoms with Crippen LogP contribution in [0.15, 0.2) is 42.7 Å². The van der Waals surface area contributed by atoms with E-state index in [0.717, 1.165) is 24.6 Å². The predicted molar refractivity (Wildman–Crippen MR) is 85.2 cm³/mol. The molecule has 3 rings (SSSR count). The zero-order valence-electron chi connectivity index (χ0n) is 12.7. The molecule has 0 radical (unpaired) electrons. The smallest absolute Gasteiger partial charge is 0.234 e. The summed E-state index contributed by atoms with van der Waals surface area (Å²) in [6.07, 6.45) is 6.34. The molecule has 116 valence electrons. The Balaban J connectivity index is 1.39. The van der Waals surface area contributed by atoms with E-state index in [4.69, 9.17) is 0 Å². The Morgan fingerprint density at radius 2 is 2.00 bits per heavy atom. The first-order valence-electron chi connectivity index (χ1n) is 7.82. The molecule has 1 aromatic carbocycles. The molecule has 1 saturated carbocycles. The molecule has 2 aromatic rings. The van der Waals surface area contributed by atoms with Gasteiger partial charge in [0.2, 0.25) is 5.91 Å². The van der Waals surface area contributed by atoms with E-state index in [1.807, 2.05) is 16.9 Å². The Bertz CT molecular complexity index is 588. The summed E-state index contributed by atoms with van der Waals surface area (Å²) in [5.74, 6) is 0.858. The van der Waals surface area contributed by atoms with Crippen molar-refractivity contribution in [2.45, 2.75) is 25.9 Å². The molecule has 5 heteroatoms. The third-order valence-electron chi connectivity index (χ3n) is 3.83. The monoisotopic (exact) mass is 298 g/mol. The number of hydrogen-bond acceptors (Lipinski definition) is 3. The minimum absolute atomic E-state index is 0.0567. The van der Waals surface area contributed by atoms with Crippen LogP contribution in [0.3, 0.4) is 0 Å². The van der Waals surface area contributed by atoms with Crippen molar-refractivity contribution in [3.8, 4) is 0 Å². The first-order valence-corrected chi connectivity index (χ1v) is 7.82. The second kappa shape index (κ2) is 7.22. The van der Waals surface area contributed by atoms with Crippen LogP contribution >= 0.6 is 0 Å². The molecule has 0 bridgehead atoms. The highest BCUT2D eigenvalue weighted by Crippen LogP contribution is 2.27. The third kappa shape index (κ3) is 4.70. The minimum atomic E-state index is 0.0567. The van der Waals surface area contributed by atoms with E-state index in [2.05, 4.69) is 40.0 Å². The number of nitrogens with zero attached hydrogens (tertiary/aromatic N) is 2. The Kier molecular flexibility index (Phi) is 4.85. The summed E-state index contributed by atoms with van der Waals surface area (Å²) in [5, 5.41) is 10.3. The van der Waals surface area contributed by atoms with Gasteiger partial charge in [-0.25, -0.2) is 0 Å². The molecule has 1 amide bonds. The second-order valence-electron chi connectivity index (χ2n) is 5.87. The van der Waals surface area contributed by atoms with Crippen molar-refractivity contribution < 1.29 is 4.79 Å². The van der Waals surface area contributed by atoms with Gasteiger partial charge in [0.05, 0.1) is 13.1 Å². The highest BCUT2D eigenvalue weighted by atomic mass is 16.1. The van der Waals surface area contributed by atoms with Crippen molar-refractivity contribution in [2.24, 2.45) is 5.92 Å². The van der Waals surface area contributed by atoms with Crippen LogP contribution in [0.4, 0.5) is 0 Å². The predicted octanol–water partition coefficient (Wildman–Crippen LogP) is 1.55. The maximum atomic E-state index is 11.7. The average molecular weight is 298 g/mol. The normalized spacial score (nSPS) is 14.0. The fraction of sp³-hybridized carbons (Fsp3) is 0.412. The maximum absolute atomic E-state index is 11.7. The summed E-state index contributed by atoms with van der Waals surface area (Å²) in [4.78, 5) is 11.7. The number of benzene rings is 1. The number of amides is 1. The zero-order chi connectivity index (χ0) is 15.2. The SMILES string of the molecule is O=C(CNCC1CC1)NCc1ccc(Cn2cccn2)cc1. The van der Waals surface area contributed by atoms with Gasteiger partial charge in [-0.15, -0.1) is 0 Å². The summed E-state index contributed by atoms with van der Waals surface area (Å²) < 4.78 is 1.89. The standard InChI is InChI=1S/C17H22N4O/c22-17(12-18-10-14-2-3-14)19-11-15-4-6-16(7-5-15)13-21-9-1-8-20-21/h1,4-9,14,18H,2-3,10-13H2,(H,19,22). The van der Waals surface area contributed by atoms with Crippen LogP contribution in [0.2, 0.25) is 0 Å². The molecule has 5 nitrogen and oxygen atoms in total. The number of nitrogens with one attached hydrogen (secondary N) is 2. The summed E-state index contributed by atoms with van der Waals surface area (Å²) in [6.45, 7) is 2.72. The highest BCUT2D eigenvalue weighted by Gasteiger charge is 2.20. The van der Waals surface area contributed by atoms with Crippen LogP contribution in [0.1, 0.15) is 24.0 Å². The van der Waals surface area contributed by atoms with Gasteiger partial charge in [-0.1, -0.05) is 24.3 Å². The first kappa shape index (κ1) is 14.8. The molecule has 1 aromatic heterocycles. The van der Waals surface area contributed by atoms with Gasteiger partial charge in [0, 0.05) is 18.9 Å². The fourth-order valence-corrected chi connectivity index (χ4v) is 2.32. The van der Waals surface area contributed by atoms with Gasteiger partial charge in [0.25, 0.3) is 0 Å². The van der Waals surface area contributed by atoms with Gasteiger partial charge in [-0.05, 0) is 42.5 Å². The Hall–Kier alpha value is -2.14. The lowest BCUT2D eigenvalue weighted by Crippen LogP contribution is -2.34. The van der Waals surface area contributed by atoms with Crippen molar-refractivity contribution in [1.82, 2.24) is 20.4 Å². The molecule has 0 unspecified atom stereocenters. The van der Waals surface area contributed by atoms with Crippen molar-refractivity contribution in [1.29, 1.82) is 0 Å². The Labute approximate surface area is 130 Å². The molecule has 2 N–H and O–H groups in total. The van der Waals surface area contributed by atoms with Crippen LogP contribution in [-0.2, 0) is 17.9 Å². The molecular weight excluding hydrogens is 276 g/mol. The molecular formula is C17H22N4O. The number of aromatic nitrogens is 2. The summed E-state index contributed by atoms with van der Waals surface area (Å²) in [7, 11) is 0. The van der Waals surface area contributed by atoms with E-state index in [1.54, 1.807) is 6.20 Å². The van der Waals surface area contributed by atoms with Gasteiger partial charge in [0.1, 0.15) is 0 Å².